The van der Waals surface area contributed by atoms with E-state index in [1.165, 1.54) is 6.07 Å². The van der Waals surface area contributed by atoms with Crippen LogP contribution in [0.1, 0.15) is 18.4 Å². The van der Waals surface area contributed by atoms with Gasteiger partial charge in [0, 0.05) is 38.0 Å². The second-order valence-electron chi connectivity index (χ2n) is 5.14. The van der Waals surface area contributed by atoms with Crippen LogP contribution in [0.4, 0.5) is 11.4 Å². The summed E-state index contributed by atoms with van der Waals surface area (Å²) in [6.45, 7) is 3.12. The zero-order valence-corrected chi connectivity index (χ0v) is 11.9. The van der Waals surface area contributed by atoms with E-state index in [1.54, 1.807) is 20.1 Å². The molecule has 0 saturated carbocycles. The SMILES string of the molecule is COC1CCN(c2cccc([N+](=O)[O-])c2C)C(CN)C1. The van der Waals surface area contributed by atoms with E-state index in [0.29, 0.717) is 12.1 Å². The van der Waals surface area contributed by atoms with Crippen LogP contribution in [0.15, 0.2) is 18.2 Å². The van der Waals surface area contributed by atoms with E-state index >= 15 is 0 Å². The van der Waals surface area contributed by atoms with Gasteiger partial charge in [-0.3, -0.25) is 10.1 Å². The van der Waals surface area contributed by atoms with Crippen LogP contribution in [-0.4, -0.2) is 37.3 Å². The molecule has 110 valence electrons. The number of piperidine rings is 1. The minimum Gasteiger partial charge on any atom is -0.381 e. The van der Waals surface area contributed by atoms with Crippen LogP contribution in [0.25, 0.3) is 0 Å². The van der Waals surface area contributed by atoms with Crippen molar-refractivity contribution < 1.29 is 9.66 Å². The maximum Gasteiger partial charge on any atom is 0.274 e. The number of nitro groups is 1. The van der Waals surface area contributed by atoms with Gasteiger partial charge in [-0.2, -0.15) is 0 Å². The minimum atomic E-state index is -0.335. The van der Waals surface area contributed by atoms with Crippen molar-refractivity contribution in [2.45, 2.75) is 31.9 Å². The molecule has 1 aliphatic rings. The molecule has 2 rings (SSSR count). The summed E-state index contributed by atoms with van der Waals surface area (Å²) in [5.41, 5.74) is 7.63. The maximum atomic E-state index is 11.0. The summed E-state index contributed by atoms with van der Waals surface area (Å²) >= 11 is 0. The first kappa shape index (κ1) is 14.7. The first-order chi connectivity index (χ1) is 9.58. The summed E-state index contributed by atoms with van der Waals surface area (Å²) in [6, 6.07) is 5.36. The molecular weight excluding hydrogens is 258 g/mol. The topological polar surface area (TPSA) is 81.6 Å². The highest BCUT2D eigenvalue weighted by atomic mass is 16.6. The molecule has 6 nitrogen and oxygen atoms in total. The van der Waals surface area contributed by atoms with Crippen molar-refractivity contribution in [3.05, 3.63) is 33.9 Å². The van der Waals surface area contributed by atoms with Crippen LogP contribution < -0.4 is 10.6 Å². The number of hydrogen-bond acceptors (Lipinski definition) is 5. The van der Waals surface area contributed by atoms with Crippen molar-refractivity contribution in [3.63, 3.8) is 0 Å². The summed E-state index contributed by atoms with van der Waals surface area (Å²) in [5, 5.41) is 11.0. The van der Waals surface area contributed by atoms with Gasteiger partial charge >= 0.3 is 0 Å². The third kappa shape index (κ3) is 2.76. The van der Waals surface area contributed by atoms with Crippen molar-refractivity contribution in [1.82, 2.24) is 0 Å². The first-order valence-corrected chi connectivity index (χ1v) is 6.82. The highest BCUT2D eigenvalue weighted by Crippen LogP contribution is 2.32. The van der Waals surface area contributed by atoms with E-state index in [2.05, 4.69) is 4.90 Å². The summed E-state index contributed by atoms with van der Waals surface area (Å²) in [7, 11) is 1.71. The predicted molar refractivity (Wildman–Crippen MR) is 78.1 cm³/mol. The standard InChI is InChI=1S/C14H21N3O3/c1-10-13(4-3-5-14(10)17(18)19)16-7-6-12(20-2)8-11(16)9-15/h3-5,11-12H,6-9,15H2,1-2H3. The molecule has 0 aromatic heterocycles. The Hall–Kier alpha value is -1.66. The molecule has 1 heterocycles. The van der Waals surface area contributed by atoms with E-state index in [-0.39, 0.29) is 22.8 Å². The third-order valence-corrected chi connectivity index (χ3v) is 4.06. The molecule has 6 heteroatoms. The molecule has 1 saturated heterocycles. The molecule has 2 N–H and O–H groups in total. The smallest absolute Gasteiger partial charge is 0.274 e. The fourth-order valence-electron chi connectivity index (χ4n) is 2.89. The van der Waals surface area contributed by atoms with Crippen LogP contribution in [0, 0.1) is 17.0 Å². The van der Waals surface area contributed by atoms with Gasteiger partial charge in [-0.05, 0) is 25.8 Å². The number of ether oxygens (including phenoxy) is 1. The molecule has 2 atom stereocenters. The lowest BCUT2D eigenvalue weighted by Gasteiger charge is -2.40. The largest absolute Gasteiger partial charge is 0.381 e. The first-order valence-electron chi connectivity index (χ1n) is 6.82. The molecule has 1 aromatic carbocycles. The van der Waals surface area contributed by atoms with Crippen LogP contribution >= 0.6 is 0 Å². The highest BCUT2D eigenvalue weighted by Gasteiger charge is 2.29. The normalized spacial score (nSPS) is 22.9. The summed E-state index contributed by atoms with van der Waals surface area (Å²) in [6.07, 6.45) is 1.99. The lowest BCUT2D eigenvalue weighted by Crippen LogP contribution is -2.49. The Morgan fingerprint density at radius 2 is 2.30 bits per heavy atom. The van der Waals surface area contributed by atoms with Crippen LogP contribution in [0.3, 0.4) is 0 Å². The number of benzene rings is 1. The molecule has 0 amide bonds. The summed E-state index contributed by atoms with van der Waals surface area (Å²) < 4.78 is 5.41. The fourth-order valence-corrected chi connectivity index (χ4v) is 2.89. The van der Waals surface area contributed by atoms with Crippen LogP contribution in [-0.2, 0) is 4.74 Å². The zero-order chi connectivity index (χ0) is 14.7. The zero-order valence-electron chi connectivity index (χ0n) is 11.9. The van der Waals surface area contributed by atoms with Crippen molar-refractivity contribution >= 4 is 11.4 Å². The van der Waals surface area contributed by atoms with E-state index in [0.717, 1.165) is 25.1 Å². The number of nitrogens with two attached hydrogens (primary N) is 1. The average Bonchev–Trinajstić information content (AvgIpc) is 2.46. The monoisotopic (exact) mass is 279 g/mol. The Kier molecular flexibility index (Phi) is 4.57. The van der Waals surface area contributed by atoms with Gasteiger partial charge in [0.15, 0.2) is 0 Å². The number of anilines is 1. The Balaban J connectivity index is 2.31. The van der Waals surface area contributed by atoms with E-state index in [4.69, 9.17) is 10.5 Å². The lowest BCUT2D eigenvalue weighted by molar-refractivity contribution is -0.385. The minimum absolute atomic E-state index is 0.159. The number of rotatable bonds is 4. The number of nitrogens with zero attached hydrogens (tertiary/aromatic N) is 2. The Morgan fingerprint density at radius 1 is 1.55 bits per heavy atom. The van der Waals surface area contributed by atoms with Crippen LogP contribution in [0.5, 0.6) is 0 Å². The molecule has 1 fully saturated rings. The number of methoxy groups -OCH3 is 1. The second-order valence-corrected chi connectivity index (χ2v) is 5.14. The third-order valence-electron chi connectivity index (χ3n) is 4.06. The van der Waals surface area contributed by atoms with E-state index in [9.17, 15) is 10.1 Å². The molecule has 1 aromatic rings. The predicted octanol–water partition coefficient (Wildman–Crippen LogP) is 1.85. The van der Waals surface area contributed by atoms with Crippen LogP contribution in [0.2, 0.25) is 0 Å². The van der Waals surface area contributed by atoms with Gasteiger partial charge in [-0.15, -0.1) is 0 Å². The molecule has 0 bridgehead atoms. The van der Waals surface area contributed by atoms with Gasteiger partial charge in [0.1, 0.15) is 0 Å². The number of nitro benzene ring substituents is 1. The Morgan fingerprint density at radius 3 is 2.90 bits per heavy atom. The van der Waals surface area contributed by atoms with Crippen molar-refractivity contribution in [2.24, 2.45) is 5.73 Å². The fraction of sp³-hybridized carbons (Fsp3) is 0.571. The molecule has 2 unspecified atom stereocenters. The summed E-state index contributed by atoms with van der Waals surface area (Å²) in [4.78, 5) is 12.9. The molecule has 0 radical (unpaired) electrons. The average molecular weight is 279 g/mol. The molecular formula is C14H21N3O3. The van der Waals surface area contributed by atoms with Gasteiger partial charge in [-0.1, -0.05) is 6.07 Å². The Labute approximate surface area is 118 Å². The van der Waals surface area contributed by atoms with Gasteiger partial charge in [0.05, 0.1) is 16.6 Å². The van der Waals surface area contributed by atoms with Gasteiger partial charge < -0.3 is 15.4 Å². The van der Waals surface area contributed by atoms with Gasteiger partial charge in [0.2, 0.25) is 0 Å². The quantitative estimate of drug-likeness (QED) is 0.672. The maximum absolute atomic E-state index is 11.0. The molecule has 0 spiro atoms. The van der Waals surface area contributed by atoms with Gasteiger partial charge in [-0.25, -0.2) is 0 Å². The molecule has 1 aliphatic heterocycles. The summed E-state index contributed by atoms with van der Waals surface area (Å²) in [5.74, 6) is 0. The molecule has 0 aliphatic carbocycles. The highest BCUT2D eigenvalue weighted by molar-refractivity contribution is 5.62. The van der Waals surface area contributed by atoms with Crippen molar-refractivity contribution in [2.75, 3.05) is 25.1 Å². The second kappa shape index (κ2) is 6.19. The lowest BCUT2D eigenvalue weighted by atomic mass is 9.97. The van der Waals surface area contributed by atoms with Crippen molar-refractivity contribution in [1.29, 1.82) is 0 Å². The number of hydrogen-bond donors (Lipinski definition) is 1. The molecule has 20 heavy (non-hydrogen) atoms. The van der Waals surface area contributed by atoms with Crippen molar-refractivity contribution in [3.8, 4) is 0 Å². The van der Waals surface area contributed by atoms with E-state index in [1.807, 2.05) is 6.07 Å². The Bertz CT molecular complexity index is 493. The van der Waals surface area contributed by atoms with E-state index < -0.39 is 0 Å². The van der Waals surface area contributed by atoms with Gasteiger partial charge in [0.25, 0.3) is 5.69 Å².